The minimum absolute atomic E-state index is 0.0678. The maximum atomic E-state index is 13.5. The fraction of sp³-hybridized carbons (Fsp3) is 0.176. The predicted octanol–water partition coefficient (Wildman–Crippen LogP) is 6.67. The van der Waals surface area contributed by atoms with Gasteiger partial charge in [0.2, 0.25) is 0 Å². The summed E-state index contributed by atoms with van der Waals surface area (Å²) in [5, 5.41) is 22.8. The molecule has 248 valence electrons. The normalized spacial score (nSPS) is 21.9. The first kappa shape index (κ1) is 35.9. The molecule has 2 N–H and O–H groups in total. The van der Waals surface area contributed by atoms with Gasteiger partial charge in [0.15, 0.2) is 24.4 Å². The summed E-state index contributed by atoms with van der Waals surface area (Å²) < 4.78 is 25.7. The first-order valence-corrected chi connectivity index (χ1v) is 17.3. The SMILES string of the molecule is O=C(O[C@@H]1[C@H](OC(=O)c2ccc(Br)cc2)[C@@H](OC(=O)c2ccc(Br)cc2)[C@H](O)[C@H](O)[C@H]1OC(=O)c1ccc(Br)cc1)c1ccc(Br)cc1. The summed E-state index contributed by atoms with van der Waals surface area (Å²) in [5.74, 6) is -3.76. The smallest absolute Gasteiger partial charge is 0.338 e. The van der Waals surface area contributed by atoms with Crippen LogP contribution in [-0.2, 0) is 18.9 Å². The van der Waals surface area contributed by atoms with Crippen LogP contribution in [-0.4, -0.2) is 70.7 Å². The van der Waals surface area contributed by atoms with E-state index in [-0.39, 0.29) is 22.3 Å². The fourth-order valence-corrected chi connectivity index (χ4v) is 5.86. The Hall–Kier alpha value is -3.40. The van der Waals surface area contributed by atoms with E-state index in [2.05, 4.69) is 63.7 Å². The van der Waals surface area contributed by atoms with Crippen molar-refractivity contribution >= 4 is 87.6 Å². The van der Waals surface area contributed by atoms with Crippen LogP contribution >= 0.6 is 63.7 Å². The number of hydrogen-bond donors (Lipinski definition) is 2. The Morgan fingerprint density at radius 1 is 0.375 bits per heavy atom. The molecular formula is C34H24Br4O10. The molecule has 48 heavy (non-hydrogen) atoms. The first-order valence-electron chi connectivity index (χ1n) is 14.1. The van der Waals surface area contributed by atoms with Crippen LogP contribution < -0.4 is 0 Å². The Morgan fingerprint density at radius 2 is 0.562 bits per heavy atom. The van der Waals surface area contributed by atoms with Gasteiger partial charge in [-0.15, -0.1) is 0 Å². The lowest BCUT2D eigenvalue weighted by molar-refractivity contribution is -0.223. The number of carbonyl (C=O) groups is 4. The Bertz CT molecular complexity index is 1650. The molecule has 5 rings (SSSR count). The lowest BCUT2D eigenvalue weighted by atomic mass is 9.84. The second kappa shape index (κ2) is 15.9. The second-order valence-electron chi connectivity index (χ2n) is 10.5. The molecule has 0 amide bonds. The Balaban J connectivity index is 1.56. The monoisotopic (exact) mass is 908 g/mol. The summed E-state index contributed by atoms with van der Waals surface area (Å²) in [6.07, 6.45) is -11.1. The lowest BCUT2D eigenvalue weighted by Crippen LogP contribution is -2.67. The van der Waals surface area contributed by atoms with E-state index < -0.39 is 60.5 Å². The number of benzene rings is 4. The molecule has 1 saturated carbocycles. The highest BCUT2D eigenvalue weighted by atomic mass is 79.9. The quantitative estimate of drug-likeness (QED) is 0.145. The fourth-order valence-electron chi connectivity index (χ4n) is 4.80. The third-order valence-corrected chi connectivity index (χ3v) is 9.40. The summed E-state index contributed by atoms with van der Waals surface area (Å²) in [6, 6.07) is 24.4. The molecule has 0 aromatic heterocycles. The number of rotatable bonds is 8. The van der Waals surface area contributed by atoms with Gasteiger partial charge in [-0.2, -0.15) is 0 Å². The number of ether oxygens (including phenoxy) is 4. The molecule has 10 nitrogen and oxygen atoms in total. The summed E-state index contributed by atoms with van der Waals surface area (Å²) >= 11 is 13.2. The maximum absolute atomic E-state index is 13.5. The van der Waals surface area contributed by atoms with Crippen molar-refractivity contribution < 1.29 is 48.3 Å². The summed E-state index contributed by atoms with van der Waals surface area (Å²) in [5.41, 5.74) is 0.284. The van der Waals surface area contributed by atoms with Crippen molar-refractivity contribution in [2.75, 3.05) is 0 Å². The van der Waals surface area contributed by atoms with Gasteiger partial charge in [0.25, 0.3) is 0 Å². The largest absolute Gasteiger partial charge is 0.452 e. The van der Waals surface area contributed by atoms with Crippen LogP contribution in [0.3, 0.4) is 0 Å². The van der Waals surface area contributed by atoms with Gasteiger partial charge in [-0.3, -0.25) is 0 Å². The van der Waals surface area contributed by atoms with Crippen LogP contribution in [0, 0.1) is 0 Å². The van der Waals surface area contributed by atoms with E-state index in [0.29, 0.717) is 17.9 Å². The third kappa shape index (κ3) is 8.60. The average molecular weight is 912 g/mol. The molecule has 0 aliphatic heterocycles. The number of halogens is 4. The highest BCUT2D eigenvalue weighted by molar-refractivity contribution is 9.11. The molecule has 4 aromatic carbocycles. The second-order valence-corrected chi connectivity index (χ2v) is 14.2. The molecule has 0 bridgehead atoms. The maximum Gasteiger partial charge on any atom is 0.338 e. The Labute approximate surface area is 307 Å². The van der Waals surface area contributed by atoms with Crippen LogP contribution in [0.4, 0.5) is 0 Å². The predicted molar refractivity (Wildman–Crippen MR) is 185 cm³/mol. The highest BCUT2D eigenvalue weighted by Crippen LogP contribution is 2.33. The molecule has 1 aliphatic carbocycles. The van der Waals surface area contributed by atoms with Crippen LogP contribution in [0.1, 0.15) is 41.4 Å². The van der Waals surface area contributed by atoms with Gasteiger partial charge in [-0.25, -0.2) is 19.2 Å². The number of aliphatic hydroxyl groups is 2. The average Bonchev–Trinajstić information content (AvgIpc) is 3.07. The number of hydrogen-bond acceptors (Lipinski definition) is 10. The van der Waals surface area contributed by atoms with E-state index in [1.54, 1.807) is 48.5 Å². The van der Waals surface area contributed by atoms with Gasteiger partial charge in [0.1, 0.15) is 12.2 Å². The zero-order chi connectivity index (χ0) is 34.5. The zero-order valence-electron chi connectivity index (χ0n) is 24.4. The Kier molecular flexibility index (Phi) is 11.9. The van der Waals surface area contributed by atoms with Crippen molar-refractivity contribution in [2.24, 2.45) is 0 Å². The Morgan fingerprint density at radius 3 is 0.771 bits per heavy atom. The van der Waals surface area contributed by atoms with Gasteiger partial charge in [-0.05, 0) is 97.1 Å². The summed E-state index contributed by atoms with van der Waals surface area (Å²) in [7, 11) is 0. The molecule has 0 saturated heterocycles. The van der Waals surface area contributed by atoms with Gasteiger partial charge >= 0.3 is 23.9 Å². The van der Waals surface area contributed by atoms with E-state index in [1.165, 1.54) is 48.5 Å². The molecule has 1 aliphatic rings. The van der Waals surface area contributed by atoms with Gasteiger partial charge in [0.05, 0.1) is 22.3 Å². The topological polar surface area (TPSA) is 146 Å². The van der Waals surface area contributed by atoms with Crippen molar-refractivity contribution in [2.45, 2.75) is 36.6 Å². The molecule has 1 fully saturated rings. The van der Waals surface area contributed by atoms with Crippen LogP contribution in [0.15, 0.2) is 115 Å². The minimum atomic E-state index is -1.97. The zero-order valence-corrected chi connectivity index (χ0v) is 30.7. The summed E-state index contributed by atoms with van der Waals surface area (Å²) in [4.78, 5) is 53.6. The number of aliphatic hydroxyl groups excluding tert-OH is 2. The van der Waals surface area contributed by atoms with E-state index in [0.717, 1.165) is 0 Å². The van der Waals surface area contributed by atoms with E-state index in [1.807, 2.05) is 0 Å². The lowest BCUT2D eigenvalue weighted by Gasteiger charge is -2.45. The number of carbonyl (C=O) groups excluding carboxylic acids is 4. The van der Waals surface area contributed by atoms with Crippen molar-refractivity contribution in [3.63, 3.8) is 0 Å². The minimum Gasteiger partial charge on any atom is -0.452 e. The number of esters is 4. The van der Waals surface area contributed by atoms with Crippen molar-refractivity contribution in [3.8, 4) is 0 Å². The van der Waals surface area contributed by atoms with Crippen molar-refractivity contribution in [1.29, 1.82) is 0 Å². The molecule has 0 radical (unpaired) electrons. The molecule has 0 unspecified atom stereocenters. The van der Waals surface area contributed by atoms with Gasteiger partial charge in [0, 0.05) is 17.9 Å². The van der Waals surface area contributed by atoms with Crippen LogP contribution in [0.2, 0.25) is 0 Å². The van der Waals surface area contributed by atoms with Gasteiger partial charge in [-0.1, -0.05) is 63.7 Å². The van der Waals surface area contributed by atoms with E-state index in [9.17, 15) is 29.4 Å². The molecule has 0 spiro atoms. The molecule has 6 atom stereocenters. The first-order chi connectivity index (χ1) is 22.9. The van der Waals surface area contributed by atoms with E-state index in [4.69, 9.17) is 18.9 Å². The molecule has 4 aromatic rings. The molecule has 0 heterocycles. The molecular weight excluding hydrogens is 888 g/mol. The van der Waals surface area contributed by atoms with Crippen molar-refractivity contribution in [1.82, 2.24) is 0 Å². The molecule has 14 heteroatoms. The third-order valence-electron chi connectivity index (χ3n) is 7.29. The summed E-state index contributed by atoms with van der Waals surface area (Å²) in [6.45, 7) is 0. The highest BCUT2D eigenvalue weighted by Gasteiger charge is 2.57. The standard InChI is InChI=1S/C34H24Br4O10/c35-21-9-1-17(2-10-21)31(41)45-27-25(39)26(40)28(46-32(42)18-3-11-22(36)12-4-18)30(48-34(44)20-7-15-24(38)16-8-20)29(27)47-33(43)19-5-13-23(37)14-6-19/h1-16,25-30,39-40H/t25-,26+,27+,28-,29-,30+. The van der Waals surface area contributed by atoms with Crippen LogP contribution in [0.5, 0.6) is 0 Å². The van der Waals surface area contributed by atoms with E-state index >= 15 is 0 Å². The van der Waals surface area contributed by atoms with Gasteiger partial charge < -0.3 is 29.2 Å². The van der Waals surface area contributed by atoms with Crippen LogP contribution in [0.25, 0.3) is 0 Å². The van der Waals surface area contributed by atoms with Crippen molar-refractivity contribution in [3.05, 3.63) is 137 Å².